The third-order valence-electron chi connectivity index (χ3n) is 2.68. The van der Waals surface area contributed by atoms with E-state index in [4.69, 9.17) is 16.3 Å². The summed E-state index contributed by atoms with van der Waals surface area (Å²) < 4.78 is 5.44. The van der Waals surface area contributed by atoms with Gasteiger partial charge in [-0.2, -0.15) is 0 Å². The van der Waals surface area contributed by atoms with Crippen LogP contribution in [0.4, 0.5) is 0 Å². The van der Waals surface area contributed by atoms with E-state index < -0.39 is 0 Å². The van der Waals surface area contributed by atoms with Crippen LogP contribution in [-0.2, 0) is 0 Å². The number of fused-ring (bicyclic) bond motifs is 1. The van der Waals surface area contributed by atoms with E-state index in [2.05, 4.69) is 4.98 Å². The van der Waals surface area contributed by atoms with Gasteiger partial charge in [0.15, 0.2) is 0 Å². The van der Waals surface area contributed by atoms with E-state index in [0.29, 0.717) is 6.61 Å². The van der Waals surface area contributed by atoms with Crippen molar-refractivity contribution < 1.29 is 4.74 Å². The molecule has 0 N–H and O–H groups in total. The Labute approximate surface area is 100 Å². The number of pyridine rings is 1. The van der Waals surface area contributed by atoms with Crippen LogP contribution >= 0.6 is 11.6 Å². The Morgan fingerprint density at radius 3 is 2.75 bits per heavy atom. The number of aromatic nitrogens is 1. The molecule has 2 nitrogen and oxygen atoms in total. The molecule has 0 aliphatic heterocycles. The first kappa shape index (κ1) is 11.2. The molecule has 16 heavy (non-hydrogen) atoms. The molecule has 3 heteroatoms. The molecule has 84 valence electrons. The normalized spacial score (nSPS) is 10.8. The topological polar surface area (TPSA) is 22.1 Å². The molecule has 0 aliphatic rings. The Morgan fingerprint density at radius 2 is 2.06 bits per heavy atom. The summed E-state index contributed by atoms with van der Waals surface area (Å²) in [6.45, 7) is 6.57. The van der Waals surface area contributed by atoms with Crippen molar-refractivity contribution in [1.29, 1.82) is 0 Å². The molecule has 1 aromatic heterocycles. The zero-order valence-corrected chi connectivity index (χ0v) is 10.4. The highest BCUT2D eigenvalue weighted by Gasteiger charge is 2.07. The molecule has 0 fully saturated rings. The van der Waals surface area contributed by atoms with Gasteiger partial charge in [0.05, 0.1) is 17.1 Å². The van der Waals surface area contributed by atoms with Crippen molar-refractivity contribution in [2.45, 2.75) is 20.8 Å². The van der Waals surface area contributed by atoms with E-state index in [-0.39, 0.29) is 0 Å². The van der Waals surface area contributed by atoms with Crippen LogP contribution in [0.3, 0.4) is 0 Å². The van der Waals surface area contributed by atoms with Crippen molar-refractivity contribution in [3.8, 4) is 5.75 Å². The number of aryl methyl sites for hydroxylation is 1. The molecular weight excluding hydrogens is 222 g/mol. The van der Waals surface area contributed by atoms with Gasteiger partial charge in [-0.15, -0.1) is 0 Å². The fourth-order valence-electron chi connectivity index (χ4n) is 1.67. The standard InChI is InChI=1S/C13H14ClNO/c1-4-16-10-5-6-11-12(7-10)15-9(3)8(2)13(11)14/h5-7H,4H2,1-3H3. The van der Waals surface area contributed by atoms with Crippen molar-refractivity contribution in [3.05, 3.63) is 34.5 Å². The molecule has 0 atom stereocenters. The highest BCUT2D eigenvalue weighted by molar-refractivity contribution is 6.36. The van der Waals surface area contributed by atoms with Gasteiger partial charge in [-0.25, -0.2) is 0 Å². The van der Waals surface area contributed by atoms with Gasteiger partial charge in [0, 0.05) is 17.1 Å². The monoisotopic (exact) mass is 235 g/mol. The van der Waals surface area contributed by atoms with Gasteiger partial charge < -0.3 is 4.74 Å². The van der Waals surface area contributed by atoms with Crippen molar-refractivity contribution in [2.75, 3.05) is 6.61 Å². The summed E-state index contributed by atoms with van der Waals surface area (Å²) in [6.07, 6.45) is 0. The fraction of sp³-hybridized carbons (Fsp3) is 0.308. The second-order valence-electron chi connectivity index (χ2n) is 3.75. The third-order valence-corrected chi connectivity index (χ3v) is 3.16. The average Bonchev–Trinajstić information content (AvgIpc) is 2.26. The maximum Gasteiger partial charge on any atom is 0.121 e. The third kappa shape index (κ3) is 1.85. The first-order chi connectivity index (χ1) is 7.63. The summed E-state index contributed by atoms with van der Waals surface area (Å²) >= 11 is 6.28. The van der Waals surface area contributed by atoms with Gasteiger partial charge in [0.1, 0.15) is 5.75 Å². The maximum absolute atomic E-state index is 6.28. The largest absolute Gasteiger partial charge is 0.494 e. The molecular formula is C13H14ClNO. The van der Waals surface area contributed by atoms with Crippen molar-refractivity contribution in [2.24, 2.45) is 0 Å². The minimum Gasteiger partial charge on any atom is -0.494 e. The minimum atomic E-state index is 0.657. The lowest BCUT2D eigenvalue weighted by atomic mass is 10.1. The Kier molecular flexibility index (Phi) is 3.01. The molecule has 2 rings (SSSR count). The summed E-state index contributed by atoms with van der Waals surface area (Å²) in [4.78, 5) is 4.51. The predicted octanol–water partition coefficient (Wildman–Crippen LogP) is 3.90. The van der Waals surface area contributed by atoms with E-state index in [1.807, 2.05) is 39.0 Å². The molecule has 0 aliphatic carbocycles. The number of ether oxygens (including phenoxy) is 1. The Balaban J connectivity index is 2.66. The second-order valence-corrected chi connectivity index (χ2v) is 4.13. The van der Waals surface area contributed by atoms with Crippen molar-refractivity contribution in [3.63, 3.8) is 0 Å². The first-order valence-corrected chi connectivity index (χ1v) is 5.70. The van der Waals surface area contributed by atoms with E-state index in [9.17, 15) is 0 Å². The Morgan fingerprint density at radius 1 is 1.31 bits per heavy atom. The van der Waals surface area contributed by atoms with E-state index in [1.165, 1.54) is 0 Å². The molecule has 0 unspecified atom stereocenters. The molecule has 2 aromatic rings. The molecule has 0 spiro atoms. The van der Waals surface area contributed by atoms with Gasteiger partial charge in [-0.3, -0.25) is 4.98 Å². The van der Waals surface area contributed by atoms with E-state index in [1.54, 1.807) is 0 Å². The van der Waals surface area contributed by atoms with Gasteiger partial charge in [-0.05, 0) is 38.5 Å². The molecule has 0 amide bonds. The van der Waals surface area contributed by atoms with E-state index in [0.717, 1.165) is 32.9 Å². The smallest absolute Gasteiger partial charge is 0.121 e. The van der Waals surface area contributed by atoms with Gasteiger partial charge in [0.25, 0.3) is 0 Å². The lowest BCUT2D eigenvalue weighted by molar-refractivity contribution is 0.340. The van der Waals surface area contributed by atoms with Gasteiger partial charge >= 0.3 is 0 Å². The number of nitrogens with zero attached hydrogens (tertiary/aromatic N) is 1. The lowest BCUT2D eigenvalue weighted by Gasteiger charge is -2.09. The van der Waals surface area contributed by atoms with Crippen molar-refractivity contribution in [1.82, 2.24) is 4.98 Å². The number of rotatable bonds is 2. The van der Waals surface area contributed by atoms with Crippen LogP contribution < -0.4 is 4.74 Å². The van der Waals surface area contributed by atoms with Crippen LogP contribution in [0.15, 0.2) is 18.2 Å². The van der Waals surface area contributed by atoms with Crippen LogP contribution in [0.5, 0.6) is 5.75 Å². The Bertz CT molecular complexity index is 537. The predicted molar refractivity (Wildman–Crippen MR) is 67.4 cm³/mol. The molecule has 1 aromatic carbocycles. The van der Waals surface area contributed by atoms with Crippen LogP contribution in [-0.4, -0.2) is 11.6 Å². The highest BCUT2D eigenvalue weighted by Crippen LogP contribution is 2.29. The Hall–Kier alpha value is -1.28. The molecule has 1 heterocycles. The lowest BCUT2D eigenvalue weighted by Crippen LogP contribution is -1.94. The summed E-state index contributed by atoms with van der Waals surface area (Å²) in [5.41, 5.74) is 2.89. The number of halogens is 1. The SMILES string of the molecule is CCOc1ccc2c(Cl)c(C)c(C)nc2c1. The quantitative estimate of drug-likeness (QED) is 0.788. The van der Waals surface area contributed by atoms with Crippen LogP contribution in [0.2, 0.25) is 5.02 Å². The summed E-state index contributed by atoms with van der Waals surface area (Å²) in [5, 5.41) is 1.76. The summed E-state index contributed by atoms with van der Waals surface area (Å²) in [5.74, 6) is 0.835. The number of benzene rings is 1. The van der Waals surface area contributed by atoms with Crippen LogP contribution in [0.1, 0.15) is 18.2 Å². The number of hydrogen-bond donors (Lipinski definition) is 0. The van der Waals surface area contributed by atoms with Crippen LogP contribution in [0.25, 0.3) is 10.9 Å². The molecule has 0 saturated heterocycles. The van der Waals surface area contributed by atoms with Gasteiger partial charge in [-0.1, -0.05) is 11.6 Å². The second kappa shape index (κ2) is 4.30. The first-order valence-electron chi connectivity index (χ1n) is 5.32. The highest BCUT2D eigenvalue weighted by atomic mass is 35.5. The average molecular weight is 236 g/mol. The van der Waals surface area contributed by atoms with Gasteiger partial charge in [0.2, 0.25) is 0 Å². The number of hydrogen-bond acceptors (Lipinski definition) is 2. The fourth-order valence-corrected chi connectivity index (χ4v) is 1.97. The van der Waals surface area contributed by atoms with E-state index >= 15 is 0 Å². The zero-order valence-electron chi connectivity index (χ0n) is 9.67. The summed E-state index contributed by atoms with van der Waals surface area (Å²) in [7, 11) is 0. The summed E-state index contributed by atoms with van der Waals surface area (Å²) in [6, 6.07) is 5.81. The molecule has 0 saturated carbocycles. The molecule has 0 radical (unpaired) electrons. The molecule has 0 bridgehead atoms. The van der Waals surface area contributed by atoms with Crippen LogP contribution in [0, 0.1) is 13.8 Å². The zero-order chi connectivity index (χ0) is 11.7. The van der Waals surface area contributed by atoms with Crippen molar-refractivity contribution >= 4 is 22.5 Å². The minimum absolute atomic E-state index is 0.657. The maximum atomic E-state index is 6.28.